The van der Waals surface area contributed by atoms with E-state index in [4.69, 9.17) is 27.9 Å². The van der Waals surface area contributed by atoms with Crippen LogP contribution in [0.25, 0.3) is 6.08 Å². The maximum absolute atomic E-state index is 13.1. The first-order chi connectivity index (χ1) is 14.8. The Kier molecular flexibility index (Phi) is 6.05. The van der Waals surface area contributed by atoms with E-state index in [9.17, 15) is 9.90 Å². The molecule has 1 heterocycles. The average molecular weight is 454 g/mol. The predicted molar refractivity (Wildman–Crippen MR) is 124 cm³/mol. The summed E-state index contributed by atoms with van der Waals surface area (Å²) < 4.78 is 5.99. The first-order valence-corrected chi connectivity index (χ1v) is 10.6. The molecule has 1 N–H and O–H groups in total. The van der Waals surface area contributed by atoms with Gasteiger partial charge < -0.3 is 9.84 Å². The van der Waals surface area contributed by atoms with Crippen LogP contribution in [0.2, 0.25) is 10.0 Å². The minimum atomic E-state index is -0.217. The molecule has 0 aliphatic carbocycles. The zero-order valence-electron chi connectivity index (χ0n) is 17.2. The number of halogens is 2. The van der Waals surface area contributed by atoms with E-state index in [1.165, 1.54) is 0 Å². The minimum absolute atomic E-state index is 0.111. The number of rotatable bonds is 5. The van der Waals surface area contributed by atoms with E-state index in [0.717, 1.165) is 5.56 Å². The number of hydrogen-bond acceptors (Lipinski definition) is 4. The number of fused-ring (bicyclic) bond motifs is 1. The molecule has 0 bridgehead atoms. The molecule has 0 radical (unpaired) electrons. The molecule has 6 heteroatoms. The molecule has 0 unspecified atom stereocenters. The van der Waals surface area contributed by atoms with Gasteiger partial charge in [0.15, 0.2) is 5.76 Å². The first kappa shape index (κ1) is 21.4. The van der Waals surface area contributed by atoms with E-state index < -0.39 is 0 Å². The number of benzene rings is 3. The number of allylic oxidation sites excluding steroid dienone is 1. The number of carbonyl (C=O) groups is 1. The largest absolute Gasteiger partial charge is 0.507 e. The van der Waals surface area contributed by atoms with Gasteiger partial charge in [0.2, 0.25) is 5.78 Å². The first-order valence-electron chi connectivity index (χ1n) is 9.80. The van der Waals surface area contributed by atoms with Crippen molar-refractivity contribution in [3.63, 3.8) is 0 Å². The smallest absolute Gasteiger partial charge is 0.232 e. The fourth-order valence-electron chi connectivity index (χ4n) is 3.71. The Hall–Kier alpha value is -2.79. The average Bonchev–Trinajstić information content (AvgIpc) is 3.05. The summed E-state index contributed by atoms with van der Waals surface area (Å²) in [7, 11) is 1.96. The van der Waals surface area contributed by atoms with Crippen molar-refractivity contribution >= 4 is 35.1 Å². The van der Waals surface area contributed by atoms with Crippen LogP contribution in [0.1, 0.15) is 32.6 Å². The number of phenolic OH excluding ortho intramolecular Hbond substituents is 1. The second-order valence-electron chi connectivity index (χ2n) is 7.67. The third kappa shape index (κ3) is 4.47. The van der Waals surface area contributed by atoms with Gasteiger partial charge in [-0.25, -0.2) is 0 Å². The van der Waals surface area contributed by atoms with E-state index in [1.807, 2.05) is 37.4 Å². The third-order valence-corrected chi connectivity index (χ3v) is 5.92. The van der Waals surface area contributed by atoms with Gasteiger partial charge in [0.05, 0.1) is 21.2 Å². The maximum atomic E-state index is 13.1. The number of phenols is 1. The summed E-state index contributed by atoms with van der Waals surface area (Å²) in [5.74, 6) is 0.494. The molecule has 0 saturated carbocycles. The highest BCUT2D eigenvalue weighted by Gasteiger charge is 2.33. The van der Waals surface area contributed by atoms with Crippen molar-refractivity contribution in [1.82, 2.24) is 4.90 Å². The molecule has 1 aliphatic heterocycles. The molecule has 3 aromatic carbocycles. The van der Waals surface area contributed by atoms with Crippen molar-refractivity contribution in [3.8, 4) is 11.5 Å². The van der Waals surface area contributed by atoms with Crippen LogP contribution in [0.3, 0.4) is 0 Å². The fourth-order valence-corrected chi connectivity index (χ4v) is 4.01. The molecule has 158 valence electrons. The number of aromatic hydroxyl groups is 1. The molecule has 0 saturated heterocycles. The molecule has 3 aromatic rings. The van der Waals surface area contributed by atoms with E-state index in [1.54, 1.807) is 37.3 Å². The quantitative estimate of drug-likeness (QED) is 0.463. The van der Waals surface area contributed by atoms with Gasteiger partial charge >= 0.3 is 0 Å². The highest BCUT2D eigenvalue weighted by atomic mass is 35.5. The fraction of sp³-hybridized carbons (Fsp3) is 0.160. The van der Waals surface area contributed by atoms with Crippen LogP contribution in [-0.4, -0.2) is 22.8 Å². The molecule has 0 spiro atoms. The summed E-state index contributed by atoms with van der Waals surface area (Å²) in [6.07, 6.45) is 1.64. The Morgan fingerprint density at radius 2 is 1.77 bits per heavy atom. The summed E-state index contributed by atoms with van der Waals surface area (Å²) in [6.45, 7) is 2.92. The molecular formula is C25H21Cl2NO3. The number of ether oxygens (including phenoxy) is 1. The van der Waals surface area contributed by atoms with Gasteiger partial charge in [0.25, 0.3) is 0 Å². The number of carbonyl (C=O) groups excluding carboxylic acids is 1. The predicted octanol–water partition coefficient (Wildman–Crippen LogP) is 6.26. The molecular weight excluding hydrogens is 433 g/mol. The Bertz CT molecular complexity index is 1190. The lowest BCUT2D eigenvalue weighted by atomic mass is 9.99. The Balaban J connectivity index is 1.65. The van der Waals surface area contributed by atoms with Gasteiger partial charge in [-0.15, -0.1) is 0 Å². The number of aryl methyl sites for hydroxylation is 1. The van der Waals surface area contributed by atoms with Crippen LogP contribution in [-0.2, 0) is 13.1 Å². The summed E-state index contributed by atoms with van der Waals surface area (Å²) in [6, 6.07) is 16.8. The van der Waals surface area contributed by atoms with Crippen LogP contribution in [0.15, 0.2) is 60.4 Å². The zero-order valence-corrected chi connectivity index (χ0v) is 18.7. The Morgan fingerprint density at radius 3 is 2.48 bits per heavy atom. The standard InChI is InChI=1S/C25H21Cl2NO3/c1-15-10-21(29)18(14-28(2)13-16-6-4-3-5-7-16)25-23(15)24(30)22(31-25)12-17-8-9-19(26)20(27)11-17/h3-12,29H,13-14H2,1-2H3/b22-12-. The molecule has 4 nitrogen and oxygen atoms in total. The minimum Gasteiger partial charge on any atom is -0.507 e. The highest BCUT2D eigenvalue weighted by molar-refractivity contribution is 6.42. The van der Waals surface area contributed by atoms with Crippen molar-refractivity contribution in [2.45, 2.75) is 20.0 Å². The molecule has 0 aromatic heterocycles. The third-order valence-electron chi connectivity index (χ3n) is 5.19. The molecule has 0 amide bonds. The molecule has 0 fully saturated rings. The van der Waals surface area contributed by atoms with E-state index in [2.05, 4.69) is 4.90 Å². The second-order valence-corrected chi connectivity index (χ2v) is 8.48. The lowest BCUT2D eigenvalue weighted by Gasteiger charge is -2.19. The SMILES string of the molecule is Cc1cc(O)c(CN(C)Cc2ccccc2)c2c1C(=O)/C(=C/c1ccc(Cl)c(Cl)c1)O2. The van der Waals surface area contributed by atoms with Gasteiger partial charge in [-0.1, -0.05) is 59.6 Å². The van der Waals surface area contributed by atoms with Crippen LogP contribution in [0, 0.1) is 6.92 Å². The van der Waals surface area contributed by atoms with Gasteiger partial charge in [-0.2, -0.15) is 0 Å². The van der Waals surface area contributed by atoms with Gasteiger partial charge in [0, 0.05) is 13.1 Å². The second kappa shape index (κ2) is 8.75. The number of ketones is 1. The number of hydrogen-bond donors (Lipinski definition) is 1. The molecule has 31 heavy (non-hydrogen) atoms. The van der Waals surface area contributed by atoms with Gasteiger partial charge in [0.1, 0.15) is 11.5 Å². The summed E-state index contributed by atoms with van der Waals surface area (Å²) in [5.41, 5.74) is 3.60. The van der Waals surface area contributed by atoms with Gasteiger partial charge in [-0.3, -0.25) is 9.69 Å². The van der Waals surface area contributed by atoms with E-state index in [-0.39, 0.29) is 17.3 Å². The monoisotopic (exact) mass is 453 g/mol. The maximum Gasteiger partial charge on any atom is 0.232 e. The summed E-state index contributed by atoms with van der Waals surface area (Å²) in [4.78, 5) is 15.1. The van der Waals surface area contributed by atoms with Crippen LogP contribution in [0.4, 0.5) is 0 Å². The van der Waals surface area contributed by atoms with Crippen molar-refractivity contribution < 1.29 is 14.6 Å². The van der Waals surface area contributed by atoms with Crippen molar-refractivity contribution in [2.24, 2.45) is 0 Å². The molecule has 1 aliphatic rings. The van der Waals surface area contributed by atoms with Crippen molar-refractivity contribution in [1.29, 1.82) is 0 Å². The van der Waals surface area contributed by atoms with Crippen LogP contribution < -0.4 is 4.74 Å². The number of nitrogens with zero attached hydrogens (tertiary/aromatic N) is 1. The summed E-state index contributed by atoms with van der Waals surface area (Å²) >= 11 is 12.1. The van der Waals surface area contributed by atoms with Crippen molar-refractivity contribution in [2.75, 3.05) is 7.05 Å². The molecule has 0 atom stereocenters. The number of Topliss-reactive ketones (excluding diaryl/α,β-unsaturated/α-hetero) is 1. The summed E-state index contributed by atoms with van der Waals surface area (Å²) in [5, 5.41) is 11.5. The van der Waals surface area contributed by atoms with Crippen LogP contribution >= 0.6 is 23.2 Å². The Labute approximate surface area is 191 Å². The topological polar surface area (TPSA) is 49.8 Å². The van der Waals surface area contributed by atoms with Crippen molar-refractivity contribution in [3.05, 3.63) is 98.2 Å². The van der Waals surface area contributed by atoms with E-state index >= 15 is 0 Å². The van der Waals surface area contributed by atoms with Gasteiger partial charge in [-0.05, 0) is 54.9 Å². The Morgan fingerprint density at radius 1 is 1.03 bits per heavy atom. The van der Waals surface area contributed by atoms with E-state index in [0.29, 0.717) is 51.1 Å². The normalized spacial score (nSPS) is 14.2. The zero-order chi connectivity index (χ0) is 22.1. The highest BCUT2D eigenvalue weighted by Crippen LogP contribution is 2.42. The van der Waals surface area contributed by atoms with Crippen LogP contribution in [0.5, 0.6) is 11.5 Å². The molecule has 4 rings (SSSR count). The lowest BCUT2D eigenvalue weighted by molar-refractivity contribution is 0.101. The lowest BCUT2D eigenvalue weighted by Crippen LogP contribution is -2.17.